The van der Waals surface area contributed by atoms with Crippen molar-refractivity contribution in [3.8, 4) is 0 Å². The molecule has 0 aromatic heterocycles. The van der Waals surface area contributed by atoms with Crippen LogP contribution in [0.5, 0.6) is 0 Å². The summed E-state index contributed by atoms with van der Waals surface area (Å²) >= 11 is 0. The fourth-order valence-electron chi connectivity index (χ4n) is 2.53. The predicted octanol–water partition coefficient (Wildman–Crippen LogP) is 3.08. The molecule has 13 heavy (non-hydrogen) atoms. The van der Waals surface area contributed by atoms with Crippen molar-refractivity contribution in [2.24, 2.45) is 23.7 Å². The minimum atomic E-state index is 0.372. The highest BCUT2D eigenvalue weighted by atomic mass is 16.3. The molecule has 0 amide bonds. The van der Waals surface area contributed by atoms with E-state index in [4.69, 9.17) is 5.11 Å². The highest BCUT2D eigenvalue weighted by Gasteiger charge is 2.25. The van der Waals surface area contributed by atoms with Crippen LogP contribution in [0.25, 0.3) is 0 Å². The van der Waals surface area contributed by atoms with E-state index in [1.807, 2.05) is 0 Å². The summed E-state index contributed by atoms with van der Waals surface area (Å²) in [5.74, 6) is 3.11. The minimum absolute atomic E-state index is 0.372. The van der Waals surface area contributed by atoms with Gasteiger partial charge in [0.2, 0.25) is 0 Å². The zero-order valence-electron chi connectivity index (χ0n) is 9.29. The maximum absolute atomic E-state index is 9.06. The van der Waals surface area contributed by atoms with Gasteiger partial charge in [-0.2, -0.15) is 0 Å². The number of rotatable bonds is 3. The van der Waals surface area contributed by atoms with Crippen molar-refractivity contribution in [1.82, 2.24) is 0 Å². The average Bonchev–Trinajstić information content (AvgIpc) is 2.17. The van der Waals surface area contributed by atoms with Gasteiger partial charge in [-0.3, -0.25) is 0 Å². The molecule has 1 nitrogen and oxygen atoms in total. The van der Waals surface area contributed by atoms with Gasteiger partial charge < -0.3 is 5.11 Å². The Bertz CT molecular complexity index is 134. The summed E-state index contributed by atoms with van der Waals surface area (Å²) in [5, 5.41) is 9.06. The van der Waals surface area contributed by atoms with Crippen molar-refractivity contribution in [3.63, 3.8) is 0 Å². The van der Waals surface area contributed by atoms with Gasteiger partial charge in [0, 0.05) is 6.61 Å². The molecular weight excluding hydrogens is 160 g/mol. The second-order valence-electron chi connectivity index (χ2n) is 5.08. The predicted molar refractivity (Wildman–Crippen MR) is 56.5 cm³/mol. The molecule has 1 rings (SSSR count). The van der Waals surface area contributed by atoms with Crippen LogP contribution in [0.1, 0.15) is 46.5 Å². The number of hydrogen-bond acceptors (Lipinski definition) is 1. The Balaban J connectivity index is 2.30. The van der Waals surface area contributed by atoms with Gasteiger partial charge in [-0.15, -0.1) is 0 Å². The lowest BCUT2D eigenvalue weighted by molar-refractivity contribution is 0.131. The van der Waals surface area contributed by atoms with Crippen LogP contribution in [0, 0.1) is 23.7 Å². The van der Waals surface area contributed by atoms with Crippen molar-refractivity contribution < 1.29 is 5.11 Å². The molecule has 1 saturated carbocycles. The van der Waals surface area contributed by atoms with Gasteiger partial charge in [0.15, 0.2) is 0 Å². The molecule has 0 bridgehead atoms. The van der Waals surface area contributed by atoms with Crippen molar-refractivity contribution in [3.05, 3.63) is 0 Å². The molecular formula is C12H24O. The van der Waals surface area contributed by atoms with Gasteiger partial charge in [0.05, 0.1) is 0 Å². The number of aliphatic hydroxyl groups excluding tert-OH is 1. The largest absolute Gasteiger partial charge is 0.396 e. The molecule has 0 aromatic rings. The first-order valence-corrected chi connectivity index (χ1v) is 5.76. The molecule has 1 fully saturated rings. The van der Waals surface area contributed by atoms with Crippen molar-refractivity contribution in [1.29, 1.82) is 0 Å². The summed E-state index contributed by atoms with van der Waals surface area (Å²) in [6, 6.07) is 0. The molecule has 1 aliphatic rings. The van der Waals surface area contributed by atoms with Crippen LogP contribution in [-0.4, -0.2) is 11.7 Å². The van der Waals surface area contributed by atoms with Crippen LogP contribution >= 0.6 is 0 Å². The van der Waals surface area contributed by atoms with Crippen LogP contribution in [0.2, 0.25) is 0 Å². The van der Waals surface area contributed by atoms with E-state index in [1.165, 1.54) is 25.7 Å². The third-order valence-corrected chi connectivity index (χ3v) is 3.85. The average molecular weight is 184 g/mol. The molecule has 0 saturated heterocycles. The molecule has 1 aliphatic carbocycles. The number of hydrogen-bond donors (Lipinski definition) is 1. The van der Waals surface area contributed by atoms with Gasteiger partial charge in [0.1, 0.15) is 0 Å². The molecule has 1 heteroatoms. The lowest BCUT2D eigenvalue weighted by atomic mass is 9.73. The summed E-state index contributed by atoms with van der Waals surface area (Å²) in [6.45, 7) is 7.22. The van der Waals surface area contributed by atoms with Gasteiger partial charge in [-0.05, 0) is 49.4 Å². The van der Waals surface area contributed by atoms with E-state index in [0.29, 0.717) is 12.5 Å². The van der Waals surface area contributed by atoms with E-state index in [2.05, 4.69) is 20.8 Å². The SMILES string of the molecule is CC(C)C1CCC(C(C)CO)CC1. The Kier molecular flexibility index (Phi) is 4.24. The molecule has 0 aromatic carbocycles. The fourth-order valence-corrected chi connectivity index (χ4v) is 2.53. The van der Waals surface area contributed by atoms with Crippen molar-refractivity contribution in [2.45, 2.75) is 46.5 Å². The topological polar surface area (TPSA) is 20.2 Å². The first-order valence-electron chi connectivity index (χ1n) is 5.76. The minimum Gasteiger partial charge on any atom is -0.396 e. The summed E-state index contributed by atoms with van der Waals surface area (Å²) < 4.78 is 0. The van der Waals surface area contributed by atoms with E-state index in [9.17, 15) is 0 Å². The van der Waals surface area contributed by atoms with E-state index in [1.54, 1.807) is 0 Å². The summed E-state index contributed by atoms with van der Waals surface area (Å²) in [4.78, 5) is 0. The fraction of sp³-hybridized carbons (Fsp3) is 1.00. The summed E-state index contributed by atoms with van der Waals surface area (Å²) in [6.07, 6.45) is 5.44. The molecule has 78 valence electrons. The summed E-state index contributed by atoms with van der Waals surface area (Å²) in [7, 11) is 0. The van der Waals surface area contributed by atoms with E-state index < -0.39 is 0 Å². The Morgan fingerprint density at radius 1 is 1.00 bits per heavy atom. The van der Waals surface area contributed by atoms with E-state index in [0.717, 1.165) is 17.8 Å². The second-order valence-corrected chi connectivity index (χ2v) is 5.08. The maximum Gasteiger partial charge on any atom is 0.0459 e. The molecule has 0 heterocycles. The van der Waals surface area contributed by atoms with E-state index in [-0.39, 0.29) is 0 Å². The first kappa shape index (κ1) is 11.0. The smallest absolute Gasteiger partial charge is 0.0459 e. The van der Waals surface area contributed by atoms with Crippen LogP contribution in [0.3, 0.4) is 0 Å². The normalized spacial score (nSPS) is 32.1. The third kappa shape index (κ3) is 2.98. The first-order chi connectivity index (χ1) is 6.15. The number of aliphatic hydroxyl groups is 1. The Morgan fingerprint density at radius 3 is 1.85 bits per heavy atom. The standard InChI is InChI=1S/C12H24O/c1-9(2)11-4-6-12(7-5-11)10(3)8-13/h9-13H,4-8H2,1-3H3. The molecule has 0 aliphatic heterocycles. The molecule has 1 atom stereocenters. The second kappa shape index (κ2) is 4.99. The highest BCUT2D eigenvalue weighted by Crippen LogP contribution is 2.36. The van der Waals surface area contributed by atoms with E-state index >= 15 is 0 Å². The zero-order valence-corrected chi connectivity index (χ0v) is 9.29. The summed E-state index contributed by atoms with van der Waals surface area (Å²) in [5.41, 5.74) is 0. The molecule has 1 N–H and O–H groups in total. The zero-order chi connectivity index (χ0) is 9.84. The van der Waals surface area contributed by atoms with Gasteiger partial charge in [-0.1, -0.05) is 20.8 Å². The maximum atomic E-state index is 9.06. The van der Waals surface area contributed by atoms with Crippen LogP contribution in [0.4, 0.5) is 0 Å². The molecule has 0 radical (unpaired) electrons. The molecule has 0 spiro atoms. The van der Waals surface area contributed by atoms with Gasteiger partial charge in [-0.25, -0.2) is 0 Å². The van der Waals surface area contributed by atoms with Crippen molar-refractivity contribution in [2.75, 3.05) is 6.61 Å². The Labute approximate surface area is 82.5 Å². The van der Waals surface area contributed by atoms with Crippen LogP contribution in [-0.2, 0) is 0 Å². The van der Waals surface area contributed by atoms with Crippen LogP contribution in [0.15, 0.2) is 0 Å². The third-order valence-electron chi connectivity index (χ3n) is 3.85. The van der Waals surface area contributed by atoms with Gasteiger partial charge in [0.25, 0.3) is 0 Å². The van der Waals surface area contributed by atoms with Crippen LogP contribution < -0.4 is 0 Å². The lowest BCUT2D eigenvalue weighted by Gasteiger charge is -2.33. The van der Waals surface area contributed by atoms with Gasteiger partial charge >= 0.3 is 0 Å². The quantitative estimate of drug-likeness (QED) is 0.714. The Hall–Kier alpha value is -0.0400. The Morgan fingerprint density at radius 2 is 1.46 bits per heavy atom. The lowest BCUT2D eigenvalue weighted by Crippen LogP contribution is -2.24. The van der Waals surface area contributed by atoms with Crippen molar-refractivity contribution >= 4 is 0 Å². The highest BCUT2D eigenvalue weighted by molar-refractivity contribution is 4.77. The monoisotopic (exact) mass is 184 g/mol. The molecule has 1 unspecified atom stereocenters.